The van der Waals surface area contributed by atoms with Gasteiger partial charge < -0.3 is 4.42 Å². The van der Waals surface area contributed by atoms with Gasteiger partial charge in [-0.3, -0.25) is 0 Å². The van der Waals surface area contributed by atoms with Crippen LogP contribution in [0.2, 0.25) is 0 Å². The Hall–Kier alpha value is -2.78. The van der Waals surface area contributed by atoms with Crippen LogP contribution in [0, 0.1) is 33.1 Å². The lowest BCUT2D eigenvalue weighted by molar-refractivity contribution is -0.659. The molecule has 0 atom stereocenters. The third-order valence-corrected chi connectivity index (χ3v) is 8.95. The van der Waals surface area contributed by atoms with Crippen molar-refractivity contribution in [3.05, 3.63) is 64.3 Å². The van der Waals surface area contributed by atoms with Gasteiger partial charge in [-0.15, -0.1) is 0 Å². The number of rotatable bonds is 1. The number of pyridine rings is 1. The van der Waals surface area contributed by atoms with Crippen molar-refractivity contribution in [2.75, 3.05) is 0 Å². The van der Waals surface area contributed by atoms with E-state index in [2.05, 4.69) is 96.6 Å². The Morgan fingerprint density at radius 2 is 1.59 bits per heavy atom. The van der Waals surface area contributed by atoms with Crippen LogP contribution in [0.15, 0.2) is 50.7 Å². The molecule has 3 heterocycles. The maximum Gasteiger partial charge on any atom is 0.222 e. The summed E-state index contributed by atoms with van der Waals surface area (Å²) in [4.78, 5) is 2.73. The van der Waals surface area contributed by atoms with Gasteiger partial charge in [-0.25, -0.2) is 4.57 Å². The van der Waals surface area contributed by atoms with Gasteiger partial charge in [-0.2, -0.15) is 0 Å². The van der Waals surface area contributed by atoms with E-state index in [1.54, 1.807) is 0 Å². The number of furan rings is 1. The van der Waals surface area contributed by atoms with Gasteiger partial charge in [-0.05, 0) is 79.5 Å². The highest BCUT2D eigenvalue weighted by Gasteiger charge is 2.32. The number of benzene rings is 3. The Morgan fingerprint density at radius 3 is 2.32 bits per heavy atom. The Morgan fingerprint density at radius 1 is 0.853 bits per heavy atom. The number of aryl methyl sites for hydroxylation is 1. The zero-order chi connectivity index (χ0) is 24.1. The van der Waals surface area contributed by atoms with Crippen molar-refractivity contribution in [1.29, 1.82) is 0 Å². The number of hydrogen-bond acceptors (Lipinski definition) is 2. The highest BCUT2D eigenvalue weighted by atomic mass is 32.2. The van der Waals surface area contributed by atoms with Gasteiger partial charge in [0.2, 0.25) is 5.69 Å². The number of aromatic nitrogens is 1. The summed E-state index contributed by atoms with van der Waals surface area (Å²) in [6.45, 7) is 15.9. The topological polar surface area (TPSA) is 17.0 Å². The summed E-state index contributed by atoms with van der Waals surface area (Å²) < 4.78 is 8.90. The summed E-state index contributed by atoms with van der Waals surface area (Å²) in [5.41, 5.74) is 11.9. The summed E-state index contributed by atoms with van der Waals surface area (Å²) in [7, 11) is 2.17. The molecular weight excluding hydrogens is 434 g/mol. The van der Waals surface area contributed by atoms with Crippen molar-refractivity contribution in [2.24, 2.45) is 12.5 Å². The average Bonchev–Trinajstić information content (AvgIpc) is 3.14. The van der Waals surface area contributed by atoms with Crippen molar-refractivity contribution in [3.63, 3.8) is 0 Å². The van der Waals surface area contributed by atoms with Gasteiger partial charge in [0.05, 0.1) is 10.9 Å². The average molecular weight is 467 g/mol. The first-order valence-electron chi connectivity index (χ1n) is 12.1. The minimum absolute atomic E-state index is 0.246. The summed E-state index contributed by atoms with van der Waals surface area (Å²) in [5, 5.41) is 4.95. The minimum atomic E-state index is 0.246. The molecule has 5 aromatic rings. The normalized spacial score (nSPS) is 13.3. The third-order valence-electron chi connectivity index (χ3n) is 7.70. The molecule has 0 saturated heterocycles. The molecule has 2 nitrogen and oxygen atoms in total. The summed E-state index contributed by atoms with van der Waals surface area (Å²) in [6, 6.07) is 11.4. The SMILES string of the molecule is Cc1c(C)c(C)c2c(c1C)Sc1cc3c4ccc(CC(C)(C)C)cc4oc3c3cc[n+](C)c-2c13. The lowest BCUT2D eigenvalue weighted by Crippen LogP contribution is -2.32. The highest BCUT2D eigenvalue weighted by Crippen LogP contribution is 2.52. The lowest BCUT2D eigenvalue weighted by Gasteiger charge is -2.24. The summed E-state index contributed by atoms with van der Waals surface area (Å²) in [6.07, 6.45) is 3.23. The molecule has 0 radical (unpaired) electrons. The Balaban J connectivity index is 1.71. The van der Waals surface area contributed by atoms with E-state index in [9.17, 15) is 0 Å². The van der Waals surface area contributed by atoms with Gasteiger partial charge in [0.15, 0.2) is 6.20 Å². The zero-order valence-corrected chi connectivity index (χ0v) is 22.3. The second kappa shape index (κ2) is 7.11. The van der Waals surface area contributed by atoms with Crippen molar-refractivity contribution < 1.29 is 8.98 Å². The van der Waals surface area contributed by atoms with Crippen LogP contribution in [0.25, 0.3) is 44.0 Å². The molecule has 0 N–H and O–H groups in total. The van der Waals surface area contributed by atoms with Crippen molar-refractivity contribution in [3.8, 4) is 11.3 Å². The van der Waals surface area contributed by atoms with Crippen LogP contribution >= 0.6 is 11.8 Å². The fourth-order valence-corrected chi connectivity index (χ4v) is 7.06. The monoisotopic (exact) mass is 466 g/mol. The van der Waals surface area contributed by atoms with Crippen LogP contribution in [-0.4, -0.2) is 0 Å². The highest BCUT2D eigenvalue weighted by molar-refractivity contribution is 7.99. The molecule has 0 bridgehead atoms. The molecule has 0 amide bonds. The number of nitrogens with zero attached hydrogens (tertiary/aromatic N) is 1. The van der Waals surface area contributed by atoms with Crippen LogP contribution < -0.4 is 4.57 Å². The van der Waals surface area contributed by atoms with E-state index in [1.807, 2.05) is 11.8 Å². The molecule has 6 rings (SSSR count). The molecule has 3 heteroatoms. The molecule has 1 aliphatic heterocycles. The van der Waals surface area contributed by atoms with E-state index in [0.29, 0.717) is 0 Å². The first kappa shape index (κ1) is 21.7. The van der Waals surface area contributed by atoms with Gasteiger partial charge >= 0.3 is 0 Å². The van der Waals surface area contributed by atoms with Crippen molar-refractivity contribution in [2.45, 2.75) is 64.7 Å². The molecule has 34 heavy (non-hydrogen) atoms. The predicted octanol–water partition coefficient (Wildman–Crippen LogP) is 8.52. The molecule has 0 spiro atoms. The van der Waals surface area contributed by atoms with E-state index < -0.39 is 0 Å². The van der Waals surface area contributed by atoms with Crippen LogP contribution in [0.1, 0.15) is 48.6 Å². The maximum absolute atomic E-state index is 6.61. The molecule has 2 aromatic heterocycles. The first-order valence-corrected chi connectivity index (χ1v) is 13.0. The molecule has 172 valence electrons. The second-order valence-electron chi connectivity index (χ2n) is 11.3. The lowest BCUT2D eigenvalue weighted by atomic mass is 9.88. The number of fused-ring (bicyclic) bond motifs is 6. The van der Waals surface area contributed by atoms with E-state index >= 15 is 0 Å². The van der Waals surface area contributed by atoms with Gasteiger partial charge in [-0.1, -0.05) is 44.7 Å². The van der Waals surface area contributed by atoms with Crippen LogP contribution in [-0.2, 0) is 13.5 Å². The van der Waals surface area contributed by atoms with Gasteiger partial charge in [0, 0.05) is 32.0 Å². The first-order chi connectivity index (χ1) is 16.0. The molecule has 1 aliphatic rings. The van der Waals surface area contributed by atoms with Gasteiger partial charge in [0.25, 0.3) is 0 Å². The van der Waals surface area contributed by atoms with E-state index in [1.165, 1.54) is 70.4 Å². The Labute approximate surface area is 206 Å². The van der Waals surface area contributed by atoms with Crippen LogP contribution in [0.4, 0.5) is 0 Å². The maximum atomic E-state index is 6.61. The second-order valence-corrected chi connectivity index (χ2v) is 12.3. The summed E-state index contributed by atoms with van der Waals surface area (Å²) >= 11 is 1.93. The standard InChI is InChI=1S/C31H32NOS/c1-16-17(2)19(4)30-26(18(16)3)28-27-22(11-12-32(28)8)29-23(14-25(27)34-30)21-10-9-20(13-24(21)33-29)15-31(5,6)7/h9-14H,15H2,1-8H3/q+1. The predicted molar refractivity (Wildman–Crippen MR) is 144 cm³/mol. The largest absolute Gasteiger partial charge is 0.455 e. The van der Waals surface area contributed by atoms with Crippen LogP contribution in [0.5, 0.6) is 0 Å². The smallest absolute Gasteiger partial charge is 0.222 e. The fourth-order valence-electron chi connectivity index (χ4n) is 5.70. The van der Waals surface area contributed by atoms with E-state index in [4.69, 9.17) is 4.42 Å². The molecule has 3 aromatic carbocycles. The molecule has 0 saturated carbocycles. The third kappa shape index (κ3) is 2.99. The fraction of sp³-hybridized carbons (Fsp3) is 0.323. The quantitative estimate of drug-likeness (QED) is 0.226. The van der Waals surface area contributed by atoms with Crippen molar-refractivity contribution in [1.82, 2.24) is 0 Å². The zero-order valence-electron chi connectivity index (χ0n) is 21.4. The Kier molecular flexibility index (Phi) is 4.55. The summed E-state index contributed by atoms with van der Waals surface area (Å²) in [5.74, 6) is 0. The Bertz CT molecular complexity index is 1680. The minimum Gasteiger partial charge on any atom is -0.455 e. The van der Waals surface area contributed by atoms with Crippen molar-refractivity contribution >= 4 is 44.5 Å². The molecule has 0 fully saturated rings. The number of hydrogen-bond donors (Lipinski definition) is 0. The molecular formula is C31H32NOS+. The van der Waals surface area contributed by atoms with E-state index in [-0.39, 0.29) is 5.41 Å². The molecule has 0 unspecified atom stereocenters. The van der Waals surface area contributed by atoms with E-state index in [0.717, 1.165) is 17.6 Å². The molecule has 0 aliphatic carbocycles. The van der Waals surface area contributed by atoms with Gasteiger partial charge in [0.1, 0.15) is 18.2 Å². The van der Waals surface area contributed by atoms with Crippen LogP contribution in [0.3, 0.4) is 0 Å².